The zero-order chi connectivity index (χ0) is 13.7. The van der Waals surface area contributed by atoms with Crippen molar-refractivity contribution in [2.24, 2.45) is 5.92 Å². The van der Waals surface area contributed by atoms with Crippen LogP contribution in [0, 0.1) is 5.92 Å². The van der Waals surface area contributed by atoms with E-state index in [2.05, 4.69) is 13.8 Å². The second-order valence-corrected chi connectivity index (χ2v) is 4.57. The fourth-order valence-corrected chi connectivity index (χ4v) is 1.96. The molecule has 1 aromatic rings. The van der Waals surface area contributed by atoms with Crippen LogP contribution in [-0.2, 0) is 0 Å². The van der Waals surface area contributed by atoms with E-state index in [1.165, 1.54) is 0 Å². The summed E-state index contributed by atoms with van der Waals surface area (Å²) in [5.41, 5.74) is 0.726. The Morgan fingerprint density at radius 2 is 1.61 bits per heavy atom. The van der Waals surface area contributed by atoms with Crippen LogP contribution in [-0.4, -0.2) is 26.4 Å². The Morgan fingerprint density at radius 1 is 1.00 bits per heavy atom. The molecule has 1 rings (SSSR count). The maximum absolute atomic E-state index is 10.2. The van der Waals surface area contributed by atoms with Crippen LogP contribution in [0.5, 0.6) is 17.2 Å². The molecule has 0 spiro atoms. The molecule has 4 heteroatoms. The van der Waals surface area contributed by atoms with Crippen molar-refractivity contribution in [1.29, 1.82) is 0 Å². The second-order valence-electron chi connectivity index (χ2n) is 4.57. The Labute approximate surface area is 108 Å². The minimum atomic E-state index is -0.570. The van der Waals surface area contributed by atoms with Gasteiger partial charge in [0.1, 0.15) is 0 Å². The van der Waals surface area contributed by atoms with Crippen LogP contribution in [0.3, 0.4) is 0 Å². The summed E-state index contributed by atoms with van der Waals surface area (Å²) in [6.45, 7) is 4.13. The molecule has 1 aromatic carbocycles. The number of hydrogen-bond donors (Lipinski definition) is 1. The molecule has 0 fully saturated rings. The molecule has 1 unspecified atom stereocenters. The van der Waals surface area contributed by atoms with Crippen molar-refractivity contribution in [3.05, 3.63) is 17.7 Å². The Balaban J connectivity index is 3.20. The predicted octanol–water partition coefficient (Wildman–Crippen LogP) is 2.79. The van der Waals surface area contributed by atoms with Crippen LogP contribution in [0.4, 0.5) is 0 Å². The number of benzene rings is 1. The number of rotatable bonds is 6. The molecule has 1 atom stereocenters. The molecule has 102 valence electrons. The second kappa shape index (κ2) is 6.50. The van der Waals surface area contributed by atoms with Crippen molar-refractivity contribution in [1.82, 2.24) is 0 Å². The van der Waals surface area contributed by atoms with E-state index >= 15 is 0 Å². The predicted molar refractivity (Wildman–Crippen MR) is 70.5 cm³/mol. The van der Waals surface area contributed by atoms with Gasteiger partial charge in [0.05, 0.1) is 27.4 Å². The van der Waals surface area contributed by atoms with Gasteiger partial charge in [-0.15, -0.1) is 0 Å². The summed E-state index contributed by atoms with van der Waals surface area (Å²) in [6, 6.07) is 3.59. The van der Waals surface area contributed by atoms with Crippen LogP contribution in [0.1, 0.15) is 31.9 Å². The van der Waals surface area contributed by atoms with Crippen LogP contribution in [0.15, 0.2) is 12.1 Å². The van der Waals surface area contributed by atoms with Crippen molar-refractivity contribution >= 4 is 0 Å². The molecule has 0 heterocycles. The molecule has 0 aliphatic carbocycles. The van der Waals surface area contributed by atoms with Crippen molar-refractivity contribution < 1.29 is 19.3 Å². The highest BCUT2D eigenvalue weighted by molar-refractivity contribution is 5.56. The van der Waals surface area contributed by atoms with Gasteiger partial charge in [0, 0.05) is 5.56 Å². The topological polar surface area (TPSA) is 47.9 Å². The summed E-state index contributed by atoms with van der Waals surface area (Å²) >= 11 is 0. The first-order chi connectivity index (χ1) is 8.54. The molecule has 0 saturated heterocycles. The molecule has 0 amide bonds. The van der Waals surface area contributed by atoms with Crippen molar-refractivity contribution in [3.63, 3.8) is 0 Å². The summed E-state index contributed by atoms with van der Waals surface area (Å²) in [5, 5.41) is 10.2. The van der Waals surface area contributed by atoms with Crippen LogP contribution in [0.2, 0.25) is 0 Å². The molecule has 0 radical (unpaired) electrons. The lowest BCUT2D eigenvalue weighted by molar-refractivity contribution is 0.146. The highest BCUT2D eigenvalue weighted by Crippen LogP contribution is 2.43. The lowest BCUT2D eigenvalue weighted by Crippen LogP contribution is -2.06. The zero-order valence-electron chi connectivity index (χ0n) is 11.7. The van der Waals surface area contributed by atoms with Crippen molar-refractivity contribution in [3.8, 4) is 17.2 Å². The number of aliphatic hydroxyl groups is 1. The molecule has 0 saturated carbocycles. The summed E-state index contributed by atoms with van der Waals surface area (Å²) in [5.74, 6) is 2.04. The Morgan fingerprint density at radius 3 is 2.06 bits per heavy atom. The summed E-state index contributed by atoms with van der Waals surface area (Å²) in [7, 11) is 4.68. The lowest BCUT2D eigenvalue weighted by Gasteiger charge is -2.20. The van der Waals surface area contributed by atoms with E-state index in [1.54, 1.807) is 27.4 Å². The van der Waals surface area contributed by atoms with Gasteiger partial charge in [-0.3, -0.25) is 0 Å². The van der Waals surface area contributed by atoms with E-state index in [-0.39, 0.29) is 0 Å². The highest BCUT2D eigenvalue weighted by Gasteiger charge is 2.21. The Hall–Kier alpha value is -1.42. The summed E-state index contributed by atoms with van der Waals surface area (Å²) in [6.07, 6.45) is 0.103. The van der Waals surface area contributed by atoms with Crippen molar-refractivity contribution in [2.75, 3.05) is 21.3 Å². The van der Waals surface area contributed by atoms with E-state index in [4.69, 9.17) is 14.2 Å². The fourth-order valence-electron chi connectivity index (χ4n) is 1.96. The number of ether oxygens (including phenoxy) is 3. The number of hydrogen-bond acceptors (Lipinski definition) is 4. The Kier molecular flexibility index (Phi) is 5.28. The van der Waals surface area contributed by atoms with E-state index in [1.807, 2.05) is 6.07 Å². The van der Waals surface area contributed by atoms with E-state index < -0.39 is 6.10 Å². The molecular formula is C14H22O4. The lowest BCUT2D eigenvalue weighted by atomic mass is 9.98. The van der Waals surface area contributed by atoms with Crippen LogP contribution >= 0.6 is 0 Å². The number of methoxy groups -OCH3 is 3. The molecule has 0 aliphatic heterocycles. The van der Waals surface area contributed by atoms with Crippen molar-refractivity contribution in [2.45, 2.75) is 26.4 Å². The van der Waals surface area contributed by atoms with Gasteiger partial charge >= 0.3 is 0 Å². The van der Waals surface area contributed by atoms with Gasteiger partial charge in [0.2, 0.25) is 5.75 Å². The van der Waals surface area contributed by atoms with Gasteiger partial charge in [-0.25, -0.2) is 0 Å². The van der Waals surface area contributed by atoms with E-state index in [0.29, 0.717) is 29.6 Å². The highest BCUT2D eigenvalue weighted by atomic mass is 16.5. The summed E-state index contributed by atoms with van der Waals surface area (Å²) < 4.78 is 15.8. The standard InChI is InChI=1S/C14H22O4/c1-9(2)8-11(15)10-6-7-12(16-3)14(18-5)13(10)17-4/h6-7,9,11,15H,8H2,1-5H3. The van der Waals surface area contributed by atoms with E-state index in [9.17, 15) is 5.11 Å². The monoisotopic (exact) mass is 254 g/mol. The molecular weight excluding hydrogens is 232 g/mol. The molecule has 0 aliphatic rings. The first kappa shape index (κ1) is 14.6. The smallest absolute Gasteiger partial charge is 0.203 e. The largest absolute Gasteiger partial charge is 0.493 e. The average molecular weight is 254 g/mol. The van der Waals surface area contributed by atoms with Crippen LogP contribution < -0.4 is 14.2 Å². The van der Waals surface area contributed by atoms with Gasteiger partial charge < -0.3 is 19.3 Å². The molecule has 18 heavy (non-hydrogen) atoms. The number of aliphatic hydroxyl groups excluding tert-OH is 1. The third-order valence-electron chi connectivity index (χ3n) is 2.79. The van der Waals surface area contributed by atoms with Gasteiger partial charge in [-0.1, -0.05) is 13.8 Å². The van der Waals surface area contributed by atoms with Gasteiger partial charge in [0.15, 0.2) is 11.5 Å². The quantitative estimate of drug-likeness (QED) is 0.848. The van der Waals surface area contributed by atoms with Gasteiger partial charge in [0.25, 0.3) is 0 Å². The van der Waals surface area contributed by atoms with Crippen LogP contribution in [0.25, 0.3) is 0 Å². The zero-order valence-corrected chi connectivity index (χ0v) is 11.7. The van der Waals surface area contributed by atoms with Gasteiger partial charge in [-0.05, 0) is 24.5 Å². The normalized spacial score (nSPS) is 12.4. The average Bonchev–Trinajstić information content (AvgIpc) is 2.35. The molecule has 0 aromatic heterocycles. The summed E-state index contributed by atoms with van der Waals surface area (Å²) in [4.78, 5) is 0. The minimum Gasteiger partial charge on any atom is -0.493 e. The first-order valence-corrected chi connectivity index (χ1v) is 6.02. The molecule has 0 bridgehead atoms. The maximum Gasteiger partial charge on any atom is 0.203 e. The fraction of sp³-hybridized carbons (Fsp3) is 0.571. The SMILES string of the molecule is COc1ccc(C(O)CC(C)C)c(OC)c1OC. The molecule has 1 N–H and O–H groups in total. The maximum atomic E-state index is 10.2. The first-order valence-electron chi connectivity index (χ1n) is 6.02. The van der Waals surface area contributed by atoms with E-state index in [0.717, 1.165) is 5.56 Å². The third-order valence-corrected chi connectivity index (χ3v) is 2.79. The third kappa shape index (κ3) is 3.07. The van der Waals surface area contributed by atoms with Gasteiger partial charge in [-0.2, -0.15) is 0 Å². The Bertz CT molecular complexity index is 388. The molecule has 4 nitrogen and oxygen atoms in total. The minimum absolute atomic E-state index is 0.401.